The minimum atomic E-state index is -0.927. The van der Waals surface area contributed by atoms with Gasteiger partial charge in [0, 0.05) is 6.20 Å². The summed E-state index contributed by atoms with van der Waals surface area (Å²) in [7, 11) is 0. The van der Waals surface area contributed by atoms with Gasteiger partial charge in [0.1, 0.15) is 5.75 Å². The third-order valence-electron chi connectivity index (χ3n) is 3.16. The Morgan fingerprint density at radius 2 is 2.11 bits per heavy atom. The predicted molar refractivity (Wildman–Crippen MR) is 62.2 cm³/mol. The third-order valence-corrected chi connectivity index (χ3v) is 3.16. The molecule has 18 heavy (non-hydrogen) atoms. The summed E-state index contributed by atoms with van der Waals surface area (Å²) >= 11 is 0. The van der Waals surface area contributed by atoms with Crippen LogP contribution in [0.25, 0.3) is 0 Å². The summed E-state index contributed by atoms with van der Waals surface area (Å²) in [5.74, 6) is -1.42. The van der Waals surface area contributed by atoms with Crippen molar-refractivity contribution in [1.82, 2.24) is 10.3 Å². The molecule has 0 aromatic carbocycles. The van der Waals surface area contributed by atoms with E-state index < -0.39 is 17.4 Å². The molecule has 0 saturated heterocycles. The summed E-state index contributed by atoms with van der Waals surface area (Å²) in [6.07, 6.45) is 4.72. The van der Waals surface area contributed by atoms with Gasteiger partial charge in [0.15, 0.2) is 0 Å². The van der Waals surface area contributed by atoms with E-state index in [9.17, 15) is 14.7 Å². The Hall–Kier alpha value is -2.11. The summed E-state index contributed by atoms with van der Waals surface area (Å²) in [6.45, 7) is 0. The fourth-order valence-electron chi connectivity index (χ4n) is 2.10. The van der Waals surface area contributed by atoms with Crippen LogP contribution < -0.4 is 5.32 Å². The number of carbonyl (C=O) groups excluding carboxylic acids is 1. The van der Waals surface area contributed by atoms with Crippen LogP contribution in [0.4, 0.5) is 0 Å². The average Bonchev–Trinajstić information content (AvgIpc) is 2.25. The number of carbonyl (C=O) groups is 2. The van der Waals surface area contributed by atoms with E-state index in [0.29, 0.717) is 12.8 Å². The van der Waals surface area contributed by atoms with Crippen molar-refractivity contribution in [2.45, 2.75) is 31.2 Å². The van der Waals surface area contributed by atoms with Gasteiger partial charge < -0.3 is 15.5 Å². The molecular weight excluding hydrogens is 236 g/mol. The van der Waals surface area contributed by atoms with Gasteiger partial charge in [-0.25, -0.2) is 0 Å². The second-order valence-electron chi connectivity index (χ2n) is 4.59. The van der Waals surface area contributed by atoms with Crippen LogP contribution in [0, 0.1) is 0 Å². The van der Waals surface area contributed by atoms with Gasteiger partial charge in [-0.1, -0.05) is 0 Å². The quantitative estimate of drug-likeness (QED) is 0.737. The number of aromatic hydroxyl groups is 1. The molecule has 1 saturated carbocycles. The molecule has 1 aromatic heterocycles. The molecule has 2 rings (SSSR count). The van der Waals surface area contributed by atoms with Gasteiger partial charge in [0.2, 0.25) is 0 Å². The fraction of sp³-hybridized carbons (Fsp3) is 0.417. The Morgan fingerprint density at radius 3 is 2.61 bits per heavy atom. The lowest BCUT2D eigenvalue weighted by Crippen LogP contribution is -2.54. The lowest BCUT2D eigenvalue weighted by atomic mass is 9.74. The van der Waals surface area contributed by atoms with Crippen LogP contribution in [0.15, 0.2) is 18.5 Å². The van der Waals surface area contributed by atoms with E-state index in [2.05, 4.69) is 10.3 Å². The van der Waals surface area contributed by atoms with Crippen molar-refractivity contribution in [2.75, 3.05) is 0 Å². The molecule has 1 aliphatic carbocycles. The van der Waals surface area contributed by atoms with Gasteiger partial charge in [-0.3, -0.25) is 14.6 Å². The Bertz CT molecular complexity index is 483. The molecule has 96 valence electrons. The second-order valence-corrected chi connectivity index (χ2v) is 4.59. The molecule has 0 aliphatic heterocycles. The van der Waals surface area contributed by atoms with Crippen LogP contribution in [0.2, 0.25) is 0 Å². The van der Waals surface area contributed by atoms with Crippen molar-refractivity contribution in [3.63, 3.8) is 0 Å². The van der Waals surface area contributed by atoms with E-state index in [-0.39, 0.29) is 17.7 Å². The van der Waals surface area contributed by atoms with Crippen LogP contribution in [-0.2, 0) is 4.79 Å². The number of carboxylic acid groups (broad SMARTS) is 1. The van der Waals surface area contributed by atoms with Crippen LogP contribution >= 0.6 is 0 Å². The maximum Gasteiger partial charge on any atom is 0.305 e. The zero-order valence-corrected chi connectivity index (χ0v) is 9.72. The highest BCUT2D eigenvalue weighted by atomic mass is 16.4. The summed E-state index contributed by atoms with van der Waals surface area (Å²) in [5, 5.41) is 20.8. The van der Waals surface area contributed by atoms with Crippen molar-refractivity contribution in [3.8, 4) is 5.75 Å². The number of aliphatic carboxylic acids is 1. The van der Waals surface area contributed by atoms with Crippen molar-refractivity contribution < 1.29 is 19.8 Å². The molecule has 1 aromatic rings. The van der Waals surface area contributed by atoms with Gasteiger partial charge in [-0.05, 0) is 25.3 Å². The van der Waals surface area contributed by atoms with Crippen LogP contribution in [0.1, 0.15) is 36.0 Å². The molecular formula is C12H14N2O4. The molecule has 6 nitrogen and oxygen atoms in total. The van der Waals surface area contributed by atoms with Crippen LogP contribution in [0.5, 0.6) is 5.75 Å². The van der Waals surface area contributed by atoms with E-state index in [4.69, 9.17) is 5.11 Å². The number of hydrogen-bond donors (Lipinski definition) is 3. The average molecular weight is 250 g/mol. The van der Waals surface area contributed by atoms with Crippen molar-refractivity contribution in [2.24, 2.45) is 0 Å². The summed E-state index contributed by atoms with van der Waals surface area (Å²) in [6, 6.07) is 1.30. The topological polar surface area (TPSA) is 99.5 Å². The number of nitrogens with zero attached hydrogens (tertiary/aromatic N) is 1. The SMILES string of the molecule is O=C(O)CC1(NC(=O)c2cncc(O)c2)CCC1. The molecule has 0 atom stereocenters. The molecule has 0 radical (unpaired) electrons. The number of carboxylic acids is 1. The molecule has 1 fully saturated rings. The predicted octanol–water partition coefficient (Wildman–Crippen LogP) is 0.914. The van der Waals surface area contributed by atoms with Gasteiger partial charge >= 0.3 is 5.97 Å². The number of nitrogens with one attached hydrogen (secondary N) is 1. The van der Waals surface area contributed by atoms with Gasteiger partial charge in [0.05, 0.1) is 23.7 Å². The van der Waals surface area contributed by atoms with Crippen molar-refractivity contribution in [3.05, 3.63) is 24.0 Å². The van der Waals surface area contributed by atoms with Gasteiger partial charge in [-0.2, -0.15) is 0 Å². The number of amides is 1. The summed E-state index contributed by atoms with van der Waals surface area (Å²) in [5.41, 5.74) is -0.416. The van der Waals surface area contributed by atoms with E-state index in [1.54, 1.807) is 0 Å². The first-order valence-electron chi connectivity index (χ1n) is 5.69. The Balaban J connectivity index is 2.08. The van der Waals surface area contributed by atoms with Gasteiger partial charge in [0.25, 0.3) is 5.91 Å². The molecule has 3 N–H and O–H groups in total. The van der Waals surface area contributed by atoms with Crippen LogP contribution in [0.3, 0.4) is 0 Å². The zero-order chi connectivity index (χ0) is 13.2. The Labute approximate surface area is 104 Å². The molecule has 1 heterocycles. The van der Waals surface area contributed by atoms with Crippen molar-refractivity contribution in [1.29, 1.82) is 0 Å². The first-order chi connectivity index (χ1) is 8.51. The molecule has 0 spiro atoms. The second kappa shape index (κ2) is 4.64. The fourth-order valence-corrected chi connectivity index (χ4v) is 2.10. The first-order valence-corrected chi connectivity index (χ1v) is 5.69. The number of aromatic nitrogens is 1. The monoisotopic (exact) mass is 250 g/mol. The lowest BCUT2D eigenvalue weighted by molar-refractivity contribution is -0.139. The van der Waals surface area contributed by atoms with E-state index >= 15 is 0 Å². The number of hydrogen-bond acceptors (Lipinski definition) is 4. The largest absolute Gasteiger partial charge is 0.506 e. The Kier molecular flexibility index (Phi) is 3.18. The van der Waals surface area contributed by atoms with E-state index in [1.165, 1.54) is 18.5 Å². The molecule has 0 unspecified atom stereocenters. The normalized spacial score (nSPS) is 16.7. The minimum absolute atomic E-state index is 0.0784. The van der Waals surface area contributed by atoms with E-state index in [1.807, 2.05) is 0 Å². The highest BCUT2D eigenvalue weighted by Gasteiger charge is 2.40. The summed E-state index contributed by atoms with van der Waals surface area (Å²) in [4.78, 5) is 26.4. The molecule has 1 aliphatic rings. The van der Waals surface area contributed by atoms with E-state index in [0.717, 1.165) is 6.42 Å². The smallest absolute Gasteiger partial charge is 0.305 e. The number of rotatable bonds is 4. The standard InChI is InChI=1S/C12H14N2O4/c15-9-4-8(6-13-7-9)11(18)14-12(2-1-3-12)5-10(16)17/h4,6-7,15H,1-3,5H2,(H,14,18)(H,16,17). The Morgan fingerprint density at radius 1 is 1.39 bits per heavy atom. The van der Waals surface area contributed by atoms with Crippen LogP contribution in [-0.4, -0.2) is 32.6 Å². The molecule has 6 heteroatoms. The maximum atomic E-state index is 11.9. The zero-order valence-electron chi connectivity index (χ0n) is 9.72. The highest BCUT2D eigenvalue weighted by molar-refractivity contribution is 5.95. The third kappa shape index (κ3) is 2.58. The summed E-state index contributed by atoms with van der Waals surface area (Å²) < 4.78 is 0. The first kappa shape index (κ1) is 12.3. The minimum Gasteiger partial charge on any atom is -0.506 e. The molecule has 0 bridgehead atoms. The van der Waals surface area contributed by atoms with Gasteiger partial charge in [-0.15, -0.1) is 0 Å². The highest BCUT2D eigenvalue weighted by Crippen LogP contribution is 2.35. The molecule has 1 amide bonds. The number of pyridine rings is 1. The maximum absolute atomic E-state index is 11.9. The van der Waals surface area contributed by atoms with Crippen molar-refractivity contribution >= 4 is 11.9 Å². The lowest BCUT2D eigenvalue weighted by Gasteiger charge is -2.41.